The molecule has 1 aromatic rings. The number of aliphatic hydroxyl groups is 1. The van der Waals surface area contributed by atoms with E-state index in [1.807, 2.05) is 32.0 Å². The van der Waals surface area contributed by atoms with E-state index in [0.29, 0.717) is 6.61 Å². The average Bonchev–Trinajstić information content (AvgIpc) is 2.25. The van der Waals surface area contributed by atoms with Crippen LogP contribution in [0, 0.1) is 0 Å². The van der Waals surface area contributed by atoms with Gasteiger partial charge >= 0.3 is 0 Å². The van der Waals surface area contributed by atoms with Gasteiger partial charge in [-0.3, -0.25) is 0 Å². The number of rotatable bonds is 6. The summed E-state index contributed by atoms with van der Waals surface area (Å²) < 4.78 is 5.48. The summed E-state index contributed by atoms with van der Waals surface area (Å²) in [5.41, 5.74) is 1.19. The number of hydrogen-bond donors (Lipinski definition) is 1. The van der Waals surface area contributed by atoms with Gasteiger partial charge in [0.25, 0.3) is 0 Å². The molecule has 0 aromatic heterocycles. The first-order chi connectivity index (χ1) is 7.24. The van der Waals surface area contributed by atoms with Crippen molar-refractivity contribution in [1.82, 2.24) is 0 Å². The van der Waals surface area contributed by atoms with Crippen molar-refractivity contribution < 1.29 is 9.84 Å². The smallest absolute Gasteiger partial charge is 0.0518 e. The Morgan fingerprint density at radius 2 is 1.87 bits per heavy atom. The van der Waals surface area contributed by atoms with E-state index in [2.05, 4.69) is 12.1 Å². The van der Waals surface area contributed by atoms with E-state index in [0.717, 1.165) is 6.42 Å². The monoisotopic (exact) mass is 208 g/mol. The normalized spacial score (nSPS) is 13.1. The van der Waals surface area contributed by atoms with Crippen molar-refractivity contribution in [3.05, 3.63) is 35.9 Å². The second kappa shape index (κ2) is 6.59. The van der Waals surface area contributed by atoms with E-state index in [1.165, 1.54) is 5.56 Å². The van der Waals surface area contributed by atoms with Crippen molar-refractivity contribution in [2.75, 3.05) is 13.2 Å². The molecule has 1 rings (SSSR count). The molecular weight excluding hydrogens is 188 g/mol. The zero-order valence-corrected chi connectivity index (χ0v) is 9.52. The van der Waals surface area contributed by atoms with E-state index in [-0.39, 0.29) is 18.6 Å². The standard InChI is InChI=1S/C13H20O2/c1-11(2)15-9-8-13(10-14)12-6-4-3-5-7-12/h3-7,11,13-14H,8-10H2,1-2H3. The molecule has 0 saturated heterocycles. The van der Waals surface area contributed by atoms with Crippen molar-refractivity contribution in [1.29, 1.82) is 0 Å². The van der Waals surface area contributed by atoms with Gasteiger partial charge in [0.15, 0.2) is 0 Å². The predicted molar refractivity (Wildman–Crippen MR) is 62.0 cm³/mol. The van der Waals surface area contributed by atoms with E-state index in [1.54, 1.807) is 0 Å². The summed E-state index contributed by atoms with van der Waals surface area (Å²) in [4.78, 5) is 0. The third-order valence-corrected chi connectivity index (χ3v) is 2.41. The summed E-state index contributed by atoms with van der Waals surface area (Å²) in [6, 6.07) is 10.1. The predicted octanol–water partition coefficient (Wildman–Crippen LogP) is 2.58. The second-order valence-electron chi connectivity index (χ2n) is 4.00. The lowest BCUT2D eigenvalue weighted by molar-refractivity contribution is 0.0691. The van der Waals surface area contributed by atoms with Gasteiger partial charge in [-0.15, -0.1) is 0 Å². The van der Waals surface area contributed by atoms with E-state index in [4.69, 9.17) is 4.74 Å². The topological polar surface area (TPSA) is 29.5 Å². The minimum Gasteiger partial charge on any atom is -0.396 e. The molecule has 2 nitrogen and oxygen atoms in total. The van der Waals surface area contributed by atoms with Crippen LogP contribution in [0.25, 0.3) is 0 Å². The largest absolute Gasteiger partial charge is 0.396 e. The van der Waals surface area contributed by atoms with Crippen LogP contribution >= 0.6 is 0 Å². The molecule has 1 aromatic carbocycles. The molecule has 1 N–H and O–H groups in total. The molecular formula is C13H20O2. The van der Waals surface area contributed by atoms with Crippen molar-refractivity contribution >= 4 is 0 Å². The second-order valence-corrected chi connectivity index (χ2v) is 4.00. The fourth-order valence-electron chi connectivity index (χ4n) is 1.53. The van der Waals surface area contributed by atoms with Gasteiger partial charge in [0.05, 0.1) is 12.7 Å². The molecule has 0 spiro atoms. The maximum Gasteiger partial charge on any atom is 0.0518 e. The van der Waals surface area contributed by atoms with Crippen molar-refractivity contribution in [2.45, 2.75) is 32.3 Å². The van der Waals surface area contributed by atoms with Crippen LogP contribution in [0.5, 0.6) is 0 Å². The summed E-state index contributed by atoms with van der Waals surface area (Å²) in [6.45, 7) is 4.94. The Kier molecular flexibility index (Phi) is 5.37. The lowest BCUT2D eigenvalue weighted by Gasteiger charge is -2.15. The summed E-state index contributed by atoms with van der Waals surface area (Å²) in [7, 11) is 0. The summed E-state index contributed by atoms with van der Waals surface area (Å²) >= 11 is 0. The van der Waals surface area contributed by atoms with Crippen molar-refractivity contribution in [2.24, 2.45) is 0 Å². The number of hydrogen-bond acceptors (Lipinski definition) is 2. The molecule has 84 valence electrons. The van der Waals surface area contributed by atoms with Gasteiger partial charge in [-0.25, -0.2) is 0 Å². The van der Waals surface area contributed by atoms with Crippen LogP contribution in [0.2, 0.25) is 0 Å². The Morgan fingerprint density at radius 3 is 2.40 bits per heavy atom. The highest BCUT2D eigenvalue weighted by atomic mass is 16.5. The first kappa shape index (κ1) is 12.2. The first-order valence-electron chi connectivity index (χ1n) is 5.51. The molecule has 1 unspecified atom stereocenters. The molecule has 0 fully saturated rings. The lowest BCUT2D eigenvalue weighted by Crippen LogP contribution is -2.11. The third kappa shape index (κ3) is 4.45. The molecule has 0 heterocycles. The molecule has 0 saturated carbocycles. The van der Waals surface area contributed by atoms with Crippen LogP contribution < -0.4 is 0 Å². The van der Waals surface area contributed by atoms with Crippen molar-refractivity contribution in [3.63, 3.8) is 0 Å². The van der Waals surface area contributed by atoms with E-state index < -0.39 is 0 Å². The van der Waals surface area contributed by atoms with Gasteiger partial charge in [0.1, 0.15) is 0 Å². The highest BCUT2D eigenvalue weighted by Gasteiger charge is 2.09. The fraction of sp³-hybridized carbons (Fsp3) is 0.538. The summed E-state index contributed by atoms with van der Waals surface area (Å²) in [5, 5.41) is 9.29. The molecule has 1 atom stereocenters. The number of benzene rings is 1. The van der Waals surface area contributed by atoms with Gasteiger partial charge in [-0.05, 0) is 25.8 Å². The lowest BCUT2D eigenvalue weighted by atomic mass is 9.97. The fourth-order valence-corrected chi connectivity index (χ4v) is 1.53. The molecule has 15 heavy (non-hydrogen) atoms. The van der Waals surface area contributed by atoms with Crippen molar-refractivity contribution in [3.8, 4) is 0 Å². The minimum absolute atomic E-state index is 0.186. The number of aliphatic hydroxyl groups excluding tert-OH is 1. The maximum atomic E-state index is 9.29. The summed E-state index contributed by atoms with van der Waals surface area (Å²) in [6.07, 6.45) is 1.14. The van der Waals surface area contributed by atoms with Gasteiger partial charge in [0.2, 0.25) is 0 Å². The minimum atomic E-state index is 0.186. The van der Waals surface area contributed by atoms with Crippen LogP contribution in [0.4, 0.5) is 0 Å². The zero-order valence-electron chi connectivity index (χ0n) is 9.52. The Bertz CT molecular complexity index is 256. The zero-order chi connectivity index (χ0) is 11.1. The summed E-state index contributed by atoms with van der Waals surface area (Å²) in [5.74, 6) is 0.199. The van der Waals surface area contributed by atoms with Crippen LogP contribution in [0.15, 0.2) is 30.3 Å². The average molecular weight is 208 g/mol. The van der Waals surface area contributed by atoms with Gasteiger partial charge < -0.3 is 9.84 Å². The Morgan fingerprint density at radius 1 is 1.20 bits per heavy atom. The molecule has 0 aliphatic heterocycles. The first-order valence-corrected chi connectivity index (χ1v) is 5.51. The Labute approximate surface area is 91.9 Å². The Hall–Kier alpha value is -0.860. The highest BCUT2D eigenvalue weighted by molar-refractivity contribution is 5.19. The van der Waals surface area contributed by atoms with Gasteiger partial charge in [-0.1, -0.05) is 30.3 Å². The maximum absolute atomic E-state index is 9.29. The highest BCUT2D eigenvalue weighted by Crippen LogP contribution is 2.18. The molecule has 0 amide bonds. The van der Waals surface area contributed by atoms with Crippen LogP contribution in [0.1, 0.15) is 31.7 Å². The third-order valence-electron chi connectivity index (χ3n) is 2.41. The number of ether oxygens (including phenoxy) is 1. The SMILES string of the molecule is CC(C)OCCC(CO)c1ccccc1. The molecule has 0 aliphatic carbocycles. The molecule has 0 bridgehead atoms. The molecule has 0 radical (unpaired) electrons. The van der Waals surface area contributed by atoms with Crippen LogP contribution in [-0.4, -0.2) is 24.4 Å². The molecule has 0 aliphatic rings. The van der Waals surface area contributed by atoms with E-state index in [9.17, 15) is 5.11 Å². The quantitative estimate of drug-likeness (QED) is 0.778. The van der Waals surface area contributed by atoms with Crippen LogP contribution in [-0.2, 0) is 4.74 Å². The van der Waals surface area contributed by atoms with E-state index >= 15 is 0 Å². The Balaban J connectivity index is 2.43. The van der Waals surface area contributed by atoms with Gasteiger partial charge in [0, 0.05) is 12.5 Å². The van der Waals surface area contributed by atoms with Crippen LogP contribution in [0.3, 0.4) is 0 Å². The van der Waals surface area contributed by atoms with Gasteiger partial charge in [-0.2, -0.15) is 0 Å². The molecule has 2 heteroatoms.